The summed E-state index contributed by atoms with van der Waals surface area (Å²) >= 11 is 0. The second kappa shape index (κ2) is 10.1. The highest BCUT2D eigenvalue weighted by Gasteiger charge is 2.16. The van der Waals surface area contributed by atoms with Crippen LogP contribution < -0.4 is 10.1 Å². The van der Waals surface area contributed by atoms with Crippen molar-refractivity contribution in [1.29, 1.82) is 5.26 Å². The molecule has 7 heteroatoms. The second-order valence-corrected chi connectivity index (χ2v) is 6.76. The lowest BCUT2D eigenvalue weighted by molar-refractivity contribution is -0.112. The van der Waals surface area contributed by atoms with Gasteiger partial charge in [0.25, 0.3) is 5.91 Å². The SMILES string of the molecule is CCOc1cccc(NC(=O)/C(C#N)=C\c2ccc(-c3cccc(C(=O)OC)c3C)o2)c1. The van der Waals surface area contributed by atoms with Gasteiger partial charge in [0, 0.05) is 23.4 Å². The van der Waals surface area contributed by atoms with Gasteiger partial charge in [0.05, 0.1) is 19.3 Å². The van der Waals surface area contributed by atoms with Gasteiger partial charge in [-0.2, -0.15) is 5.26 Å². The molecule has 2 aromatic carbocycles. The second-order valence-electron chi connectivity index (χ2n) is 6.76. The number of hydrogen-bond donors (Lipinski definition) is 1. The first-order valence-electron chi connectivity index (χ1n) is 9.91. The van der Waals surface area contributed by atoms with Crippen LogP contribution in [0.25, 0.3) is 17.4 Å². The number of benzene rings is 2. The maximum Gasteiger partial charge on any atom is 0.338 e. The van der Waals surface area contributed by atoms with E-state index in [1.54, 1.807) is 55.5 Å². The van der Waals surface area contributed by atoms with Gasteiger partial charge in [-0.3, -0.25) is 4.79 Å². The Bertz CT molecular complexity index is 1220. The van der Waals surface area contributed by atoms with Gasteiger partial charge in [0.1, 0.15) is 28.9 Å². The Labute approximate surface area is 185 Å². The highest BCUT2D eigenvalue weighted by molar-refractivity contribution is 6.09. The maximum absolute atomic E-state index is 12.6. The number of esters is 1. The molecule has 0 atom stereocenters. The fraction of sp³-hybridized carbons (Fsp3) is 0.160. The summed E-state index contributed by atoms with van der Waals surface area (Å²) in [6.45, 7) is 4.17. The third kappa shape index (κ3) is 5.05. The summed E-state index contributed by atoms with van der Waals surface area (Å²) in [5, 5.41) is 12.2. The predicted molar refractivity (Wildman–Crippen MR) is 120 cm³/mol. The third-order valence-corrected chi connectivity index (χ3v) is 4.69. The van der Waals surface area contributed by atoms with Gasteiger partial charge in [-0.05, 0) is 49.7 Å². The molecular weight excluding hydrogens is 408 g/mol. The lowest BCUT2D eigenvalue weighted by atomic mass is 10.0. The van der Waals surface area contributed by atoms with Crippen molar-refractivity contribution in [3.63, 3.8) is 0 Å². The zero-order valence-corrected chi connectivity index (χ0v) is 18.0. The van der Waals surface area contributed by atoms with E-state index in [0.29, 0.717) is 46.3 Å². The predicted octanol–water partition coefficient (Wildman–Crippen LogP) is 4.99. The number of furan rings is 1. The Hall–Kier alpha value is -4.31. The molecule has 3 aromatic rings. The van der Waals surface area contributed by atoms with Gasteiger partial charge >= 0.3 is 5.97 Å². The minimum atomic E-state index is -0.567. The number of amides is 1. The summed E-state index contributed by atoms with van der Waals surface area (Å²) in [4.78, 5) is 24.5. The van der Waals surface area contributed by atoms with E-state index in [9.17, 15) is 14.9 Å². The normalized spacial score (nSPS) is 10.9. The fourth-order valence-corrected chi connectivity index (χ4v) is 3.13. The molecule has 0 aliphatic heterocycles. The molecule has 0 aliphatic carbocycles. The Morgan fingerprint density at radius 2 is 1.94 bits per heavy atom. The Balaban J connectivity index is 1.83. The van der Waals surface area contributed by atoms with Gasteiger partial charge in [-0.1, -0.05) is 18.2 Å². The topological polar surface area (TPSA) is 102 Å². The van der Waals surface area contributed by atoms with Crippen LogP contribution >= 0.6 is 0 Å². The van der Waals surface area contributed by atoms with Crippen LogP contribution in [0.4, 0.5) is 5.69 Å². The zero-order chi connectivity index (χ0) is 23.1. The minimum absolute atomic E-state index is 0.118. The number of rotatable bonds is 7. The number of carbonyl (C=O) groups excluding carboxylic acids is 2. The van der Waals surface area contributed by atoms with E-state index in [2.05, 4.69) is 5.32 Å². The summed E-state index contributed by atoms with van der Waals surface area (Å²) in [6, 6.07) is 17.4. The molecule has 0 unspecified atom stereocenters. The standard InChI is InChI=1S/C25H22N2O5/c1-4-31-19-8-5-7-18(14-19)27-24(28)17(15-26)13-20-11-12-23(32-20)21-9-6-10-22(16(21)2)25(29)30-3/h5-14H,4H2,1-3H3,(H,27,28)/b17-13-. The van der Waals surface area contributed by atoms with E-state index in [0.717, 1.165) is 0 Å². The third-order valence-electron chi connectivity index (χ3n) is 4.69. The van der Waals surface area contributed by atoms with E-state index >= 15 is 0 Å². The summed E-state index contributed by atoms with van der Waals surface area (Å²) < 4.78 is 16.1. The van der Waals surface area contributed by atoms with Crippen LogP contribution in [-0.2, 0) is 9.53 Å². The largest absolute Gasteiger partial charge is 0.494 e. The van der Waals surface area contributed by atoms with E-state index in [-0.39, 0.29) is 5.57 Å². The zero-order valence-electron chi connectivity index (χ0n) is 18.0. The molecule has 1 heterocycles. The Kier molecular flexibility index (Phi) is 7.09. The average molecular weight is 430 g/mol. The Morgan fingerprint density at radius 3 is 2.66 bits per heavy atom. The van der Waals surface area contributed by atoms with Crippen LogP contribution in [-0.4, -0.2) is 25.6 Å². The van der Waals surface area contributed by atoms with E-state index in [1.807, 2.05) is 19.1 Å². The molecule has 0 saturated carbocycles. The molecule has 1 aromatic heterocycles. The lowest BCUT2D eigenvalue weighted by Gasteiger charge is -2.08. The van der Waals surface area contributed by atoms with Crippen LogP contribution in [0.1, 0.15) is 28.6 Å². The number of anilines is 1. The highest BCUT2D eigenvalue weighted by atomic mass is 16.5. The highest BCUT2D eigenvalue weighted by Crippen LogP contribution is 2.29. The fourth-order valence-electron chi connectivity index (χ4n) is 3.13. The molecule has 162 valence electrons. The van der Waals surface area contributed by atoms with Crippen LogP contribution in [0.5, 0.6) is 5.75 Å². The van der Waals surface area contributed by atoms with Gasteiger partial charge in [-0.15, -0.1) is 0 Å². The number of ether oxygens (including phenoxy) is 2. The van der Waals surface area contributed by atoms with E-state index < -0.39 is 11.9 Å². The molecule has 0 fully saturated rings. The number of nitriles is 1. The maximum atomic E-state index is 12.6. The van der Waals surface area contributed by atoms with Crippen molar-refractivity contribution >= 4 is 23.6 Å². The smallest absolute Gasteiger partial charge is 0.338 e. The average Bonchev–Trinajstić information content (AvgIpc) is 3.26. The molecule has 0 radical (unpaired) electrons. The monoisotopic (exact) mass is 430 g/mol. The van der Waals surface area contributed by atoms with Crippen molar-refractivity contribution in [2.24, 2.45) is 0 Å². The van der Waals surface area contributed by atoms with Crippen molar-refractivity contribution in [2.45, 2.75) is 13.8 Å². The molecule has 1 amide bonds. The molecule has 7 nitrogen and oxygen atoms in total. The summed E-state index contributed by atoms with van der Waals surface area (Å²) in [5.74, 6) is 0.447. The van der Waals surface area contributed by atoms with Crippen LogP contribution in [0.15, 0.2) is 64.6 Å². The molecular formula is C25H22N2O5. The van der Waals surface area contributed by atoms with Crippen molar-refractivity contribution in [2.75, 3.05) is 19.0 Å². The number of carbonyl (C=O) groups is 2. The first kappa shape index (κ1) is 22.4. The van der Waals surface area contributed by atoms with Crippen LogP contribution in [0, 0.1) is 18.3 Å². The van der Waals surface area contributed by atoms with E-state index in [4.69, 9.17) is 13.9 Å². The summed E-state index contributed by atoms with van der Waals surface area (Å²) in [7, 11) is 1.33. The number of hydrogen-bond acceptors (Lipinski definition) is 6. The molecule has 32 heavy (non-hydrogen) atoms. The van der Waals surface area contributed by atoms with Gasteiger partial charge in [0.2, 0.25) is 0 Å². The van der Waals surface area contributed by atoms with Gasteiger partial charge in [0.15, 0.2) is 0 Å². The molecule has 0 saturated heterocycles. The summed E-state index contributed by atoms with van der Waals surface area (Å²) in [6.07, 6.45) is 1.37. The van der Waals surface area contributed by atoms with Crippen molar-refractivity contribution in [3.05, 3.63) is 77.1 Å². The van der Waals surface area contributed by atoms with Crippen molar-refractivity contribution in [1.82, 2.24) is 0 Å². The van der Waals surface area contributed by atoms with Crippen LogP contribution in [0.3, 0.4) is 0 Å². The number of methoxy groups -OCH3 is 1. The number of nitrogens with zero attached hydrogens (tertiary/aromatic N) is 1. The quantitative estimate of drug-likeness (QED) is 0.322. The molecule has 0 spiro atoms. The minimum Gasteiger partial charge on any atom is -0.494 e. The van der Waals surface area contributed by atoms with Crippen molar-refractivity contribution in [3.8, 4) is 23.1 Å². The molecule has 3 rings (SSSR count). The van der Waals surface area contributed by atoms with Gasteiger partial charge < -0.3 is 19.2 Å². The summed E-state index contributed by atoms with van der Waals surface area (Å²) in [5.41, 5.74) is 2.25. The van der Waals surface area contributed by atoms with Crippen LogP contribution in [0.2, 0.25) is 0 Å². The van der Waals surface area contributed by atoms with E-state index in [1.165, 1.54) is 13.2 Å². The first-order valence-corrected chi connectivity index (χ1v) is 9.91. The van der Waals surface area contributed by atoms with Crippen molar-refractivity contribution < 1.29 is 23.5 Å². The Morgan fingerprint density at radius 1 is 1.16 bits per heavy atom. The molecule has 0 aliphatic rings. The molecule has 1 N–H and O–H groups in total. The lowest BCUT2D eigenvalue weighted by Crippen LogP contribution is -2.13. The first-order chi connectivity index (χ1) is 15.5. The molecule has 0 bridgehead atoms. The number of nitrogens with one attached hydrogen (secondary N) is 1. The van der Waals surface area contributed by atoms with Gasteiger partial charge in [-0.25, -0.2) is 4.79 Å².